The third kappa shape index (κ3) is 14.2. The van der Waals surface area contributed by atoms with Crippen molar-refractivity contribution in [2.45, 2.75) is 88.9 Å². The van der Waals surface area contributed by atoms with Gasteiger partial charge in [0, 0.05) is 12.1 Å². The Bertz CT molecular complexity index is 1650. The summed E-state index contributed by atoms with van der Waals surface area (Å²) in [5.41, 5.74) is 4.58. The summed E-state index contributed by atoms with van der Waals surface area (Å²) in [6, 6.07) is 35.4. The van der Waals surface area contributed by atoms with Gasteiger partial charge in [0.15, 0.2) is 12.2 Å². The van der Waals surface area contributed by atoms with Crippen LogP contribution in [0.1, 0.15) is 74.0 Å². The fourth-order valence-corrected chi connectivity index (χ4v) is 7.59. The Morgan fingerprint density at radius 2 is 0.810 bits per heavy atom. The van der Waals surface area contributed by atoms with Crippen molar-refractivity contribution in [2.24, 2.45) is 11.8 Å². The Hall–Kier alpha value is -4.82. The molecule has 2 heterocycles. The largest absolute Gasteiger partial charge is 0.508 e. The molecule has 314 valence electrons. The van der Waals surface area contributed by atoms with Crippen LogP contribution in [0.2, 0.25) is 0 Å². The van der Waals surface area contributed by atoms with E-state index in [1.807, 2.05) is 0 Å². The number of hydrogen-bond acceptors (Lipinski definition) is 10. The van der Waals surface area contributed by atoms with Gasteiger partial charge < -0.3 is 40.9 Å². The van der Waals surface area contributed by atoms with E-state index in [9.17, 15) is 30.0 Å². The number of aliphatic hydroxyl groups is 4. The van der Waals surface area contributed by atoms with Crippen molar-refractivity contribution in [3.8, 4) is 11.5 Å². The number of piperidine rings is 2. The van der Waals surface area contributed by atoms with Crippen LogP contribution >= 0.6 is 0 Å². The molecule has 0 amide bonds. The lowest BCUT2D eigenvalue weighted by Crippen LogP contribution is -2.43. The van der Waals surface area contributed by atoms with Crippen LogP contribution in [-0.2, 0) is 22.4 Å². The molecule has 2 fully saturated rings. The van der Waals surface area contributed by atoms with Gasteiger partial charge in [0.05, 0.1) is 12.2 Å². The molecule has 0 aromatic heterocycles. The average Bonchev–Trinajstić information content (AvgIpc) is 3.24. The number of aliphatic carboxylic acids is 2. The average molecular weight is 801 g/mol. The fraction of sp³-hybridized carbons (Fsp3) is 0.435. The third-order valence-electron chi connectivity index (χ3n) is 11.4. The van der Waals surface area contributed by atoms with Gasteiger partial charge in [-0.15, -0.1) is 0 Å². The normalized spacial score (nSPS) is 18.5. The molecule has 0 saturated carbocycles. The van der Waals surface area contributed by atoms with E-state index in [2.05, 4.69) is 84.3 Å². The smallest absolute Gasteiger partial charge is 0.335 e. The number of hydrogen-bond donors (Lipinski definition) is 8. The van der Waals surface area contributed by atoms with E-state index in [-0.39, 0.29) is 23.6 Å². The maximum absolute atomic E-state index is 10.6. The zero-order valence-electron chi connectivity index (χ0n) is 33.4. The molecule has 4 aromatic carbocycles. The molecule has 8 N–H and O–H groups in total. The summed E-state index contributed by atoms with van der Waals surface area (Å²) in [5, 5.41) is 72.5. The lowest BCUT2D eigenvalue weighted by Gasteiger charge is -2.38. The van der Waals surface area contributed by atoms with Gasteiger partial charge in [-0.3, -0.25) is 9.80 Å². The van der Waals surface area contributed by atoms with Gasteiger partial charge in [0.25, 0.3) is 0 Å². The number of aliphatic hydroxyl groups excluding tert-OH is 4. The summed E-state index contributed by atoms with van der Waals surface area (Å²) in [6.45, 7) is 8.33. The molecule has 12 heteroatoms. The summed E-state index contributed by atoms with van der Waals surface area (Å²) in [4.78, 5) is 24.3. The minimum absolute atomic E-state index is 0.0900. The van der Waals surface area contributed by atoms with E-state index < -0.39 is 36.4 Å². The van der Waals surface area contributed by atoms with Crippen molar-refractivity contribution in [3.63, 3.8) is 0 Å². The molecule has 6 atom stereocenters. The zero-order chi connectivity index (χ0) is 42.2. The quantitative estimate of drug-likeness (QED) is 0.0856. The summed E-state index contributed by atoms with van der Waals surface area (Å²) >= 11 is 0. The third-order valence-corrected chi connectivity index (χ3v) is 11.4. The van der Waals surface area contributed by atoms with E-state index in [1.54, 1.807) is 48.5 Å². The summed E-state index contributed by atoms with van der Waals surface area (Å²) in [7, 11) is 0. The van der Waals surface area contributed by atoms with Crippen LogP contribution in [0.15, 0.2) is 109 Å². The van der Waals surface area contributed by atoms with Crippen molar-refractivity contribution in [1.29, 1.82) is 0 Å². The molecular weight excluding hydrogens is 741 g/mol. The maximum Gasteiger partial charge on any atom is 0.335 e. The molecule has 0 bridgehead atoms. The molecule has 0 aliphatic carbocycles. The van der Waals surface area contributed by atoms with E-state index in [0.717, 1.165) is 62.0 Å². The number of carbonyl (C=O) groups is 2. The van der Waals surface area contributed by atoms with Gasteiger partial charge in [0.2, 0.25) is 0 Å². The predicted octanol–water partition coefficient (Wildman–Crippen LogP) is 5.42. The van der Waals surface area contributed by atoms with Crippen LogP contribution in [-0.4, -0.2) is 113 Å². The molecular formula is C46H60N2O10. The zero-order valence-corrected chi connectivity index (χ0v) is 33.4. The summed E-state index contributed by atoms with van der Waals surface area (Å²) in [5.74, 6) is -1.59. The van der Waals surface area contributed by atoms with Gasteiger partial charge in [0.1, 0.15) is 11.5 Å². The minimum atomic E-state index is -2.27. The molecule has 2 aliphatic rings. The van der Waals surface area contributed by atoms with Crippen LogP contribution < -0.4 is 0 Å². The fourth-order valence-electron chi connectivity index (χ4n) is 7.59. The number of benzene rings is 4. The van der Waals surface area contributed by atoms with Crippen LogP contribution in [0.25, 0.3) is 0 Å². The Morgan fingerprint density at radius 3 is 1.09 bits per heavy atom. The first-order valence-electron chi connectivity index (χ1n) is 20.0. The minimum Gasteiger partial charge on any atom is -0.508 e. The Kier molecular flexibility index (Phi) is 18.1. The van der Waals surface area contributed by atoms with E-state index >= 15 is 0 Å². The number of carboxylic acid groups (broad SMARTS) is 2. The monoisotopic (exact) mass is 800 g/mol. The van der Waals surface area contributed by atoms with Gasteiger partial charge in [-0.05, 0) is 137 Å². The second-order valence-electron chi connectivity index (χ2n) is 15.5. The van der Waals surface area contributed by atoms with Gasteiger partial charge in [-0.1, -0.05) is 84.9 Å². The number of rotatable bonds is 13. The van der Waals surface area contributed by atoms with E-state index in [4.69, 9.17) is 20.4 Å². The highest BCUT2D eigenvalue weighted by Gasteiger charge is 2.30. The lowest BCUT2D eigenvalue weighted by atomic mass is 9.89. The van der Waals surface area contributed by atoms with Crippen molar-refractivity contribution in [2.75, 3.05) is 26.2 Å². The Labute approximate surface area is 341 Å². The lowest BCUT2D eigenvalue weighted by molar-refractivity contribution is -0.165. The predicted molar refractivity (Wildman–Crippen MR) is 221 cm³/mol. The number of carboxylic acids is 2. The van der Waals surface area contributed by atoms with Gasteiger partial charge >= 0.3 is 11.9 Å². The molecule has 0 unspecified atom stereocenters. The molecule has 12 nitrogen and oxygen atoms in total. The van der Waals surface area contributed by atoms with Gasteiger partial charge in [-0.2, -0.15) is 0 Å². The molecule has 58 heavy (non-hydrogen) atoms. The second-order valence-corrected chi connectivity index (χ2v) is 15.5. The van der Waals surface area contributed by atoms with Crippen molar-refractivity contribution in [3.05, 3.63) is 131 Å². The first-order chi connectivity index (χ1) is 27.7. The SMILES string of the molecule is C[C@H]([C@H](O)c1ccc(O)cc1)N1CCC(Cc2ccccc2)CC1.C[C@H]([C@H](O)c1ccc(O)cc1)N1CCC(Cc2ccccc2)CC1.O=C(O)[C@H](O)[C@@H](O)C(=O)O. The standard InChI is InChI=1S/2C21H27NO2.C4H6O6/c2*1-16(21(24)19-7-9-20(23)10-8-19)22-13-11-18(12-14-22)15-17-5-3-2-4-6-17;5-1(3(7)8)2(6)4(9)10/h2*2-10,16,18,21,23-24H,11-15H2,1H3;1-2,5-6H,(H,7,8)(H,9,10)/t2*16-,21+;1-,2-/m111/s1. The number of aromatic hydroxyl groups is 2. The van der Waals surface area contributed by atoms with Crippen LogP contribution in [0, 0.1) is 11.8 Å². The van der Waals surface area contributed by atoms with E-state index in [0.29, 0.717) is 0 Å². The Balaban J connectivity index is 0.000000209. The summed E-state index contributed by atoms with van der Waals surface area (Å²) in [6.07, 6.45) is 1.47. The highest BCUT2D eigenvalue weighted by molar-refractivity contribution is 5.83. The van der Waals surface area contributed by atoms with Gasteiger partial charge in [-0.25, -0.2) is 9.59 Å². The van der Waals surface area contributed by atoms with Crippen molar-refractivity contribution in [1.82, 2.24) is 9.80 Å². The molecule has 2 saturated heterocycles. The molecule has 4 aromatic rings. The highest BCUT2D eigenvalue weighted by Crippen LogP contribution is 2.30. The van der Waals surface area contributed by atoms with Crippen molar-refractivity contribution < 1.29 is 50.4 Å². The molecule has 0 radical (unpaired) electrons. The highest BCUT2D eigenvalue weighted by atomic mass is 16.4. The van der Waals surface area contributed by atoms with Crippen LogP contribution in [0.5, 0.6) is 11.5 Å². The first kappa shape index (κ1) is 45.9. The molecule has 0 spiro atoms. The maximum atomic E-state index is 10.6. The Morgan fingerprint density at radius 1 is 0.517 bits per heavy atom. The second kappa shape index (κ2) is 22.9. The summed E-state index contributed by atoms with van der Waals surface area (Å²) < 4.78 is 0. The van der Waals surface area contributed by atoms with Crippen molar-refractivity contribution >= 4 is 11.9 Å². The van der Waals surface area contributed by atoms with Crippen LogP contribution in [0.4, 0.5) is 0 Å². The first-order valence-corrected chi connectivity index (χ1v) is 20.0. The topological polar surface area (TPSA) is 202 Å². The number of nitrogens with zero attached hydrogens (tertiary/aromatic N) is 2. The van der Waals surface area contributed by atoms with E-state index in [1.165, 1.54) is 36.8 Å². The molecule has 2 aliphatic heterocycles. The number of phenolic OH excluding ortho intramolecular Hbond substituents is 2. The molecule has 6 rings (SSSR count). The number of phenols is 2. The number of likely N-dealkylation sites (tertiary alicyclic amines) is 2. The van der Waals surface area contributed by atoms with Crippen LogP contribution in [0.3, 0.4) is 0 Å².